The smallest absolute Gasteiger partial charge is 0.244 e. The highest BCUT2D eigenvalue weighted by molar-refractivity contribution is 5.98. The third-order valence-corrected chi connectivity index (χ3v) is 3.68. The lowest BCUT2D eigenvalue weighted by Gasteiger charge is -2.10. The lowest BCUT2D eigenvalue weighted by molar-refractivity contribution is -0.121. The molecule has 1 aliphatic heterocycles. The van der Waals surface area contributed by atoms with Gasteiger partial charge >= 0.3 is 0 Å². The number of rotatable bonds is 5. The Bertz CT molecular complexity index is 803. The van der Waals surface area contributed by atoms with E-state index in [1.54, 1.807) is 24.3 Å². The maximum Gasteiger partial charge on any atom is 0.244 e. The van der Waals surface area contributed by atoms with E-state index in [-0.39, 0.29) is 18.4 Å². The average molecular weight is 352 g/mol. The standard InChI is InChI=1S/C20H20N2O4/c23-19(10-7-15-5-2-1-3-6-15)21-14-20(24)22-16-8-9-17-18(13-16)26-12-4-11-25-17/h1-3,5-10,13H,4,11-12,14H2,(H,21,23)(H,22,24). The van der Waals surface area contributed by atoms with Crippen LogP contribution in [0.15, 0.2) is 54.6 Å². The van der Waals surface area contributed by atoms with Crippen LogP contribution in [0.1, 0.15) is 12.0 Å². The Hall–Kier alpha value is -3.28. The zero-order valence-corrected chi connectivity index (χ0v) is 14.2. The summed E-state index contributed by atoms with van der Waals surface area (Å²) in [5.74, 6) is 0.624. The molecule has 0 aromatic heterocycles. The molecule has 134 valence electrons. The highest BCUT2D eigenvalue weighted by Crippen LogP contribution is 2.32. The maximum atomic E-state index is 12.0. The van der Waals surface area contributed by atoms with Gasteiger partial charge in [0, 0.05) is 24.3 Å². The van der Waals surface area contributed by atoms with Crippen molar-refractivity contribution in [3.8, 4) is 11.5 Å². The molecule has 1 heterocycles. The summed E-state index contributed by atoms with van der Waals surface area (Å²) in [6.45, 7) is 1.07. The second-order valence-corrected chi connectivity index (χ2v) is 5.72. The third-order valence-electron chi connectivity index (χ3n) is 3.68. The number of fused-ring (bicyclic) bond motifs is 1. The second-order valence-electron chi connectivity index (χ2n) is 5.72. The van der Waals surface area contributed by atoms with E-state index in [9.17, 15) is 9.59 Å². The quantitative estimate of drug-likeness (QED) is 0.811. The molecule has 0 radical (unpaired) electrons. The van der Waals surface area contributed by atoms with Crippen LogP contribution in [-0.4, -0.2) is 31.6 Å². The van der Waals surface area contributed by atoms with E-state index in [0.29, 0.717) is 30.4 Å². The average Bonchev–Trinajstić information content (AvgIpc) is 2.90. The first kappa shape index (κ1) is 17.5. The molecule has 0 aliphatic carbocycles. The lowest BCUT2D eigenvalue weighted by atomic mass is 10.2. The van der Waals surface area contributed by atoms with E-state index in [2.05, 4.69) is 10.6 Å². The van der Waals surface area contributed by atoms with Crippen molar-refractivity contribution in [3.63, 3.8) is 0 Å². The minimum atomic E-state index is -0.331. The molecule has 2 amide bonds. The highest BCUT2D eigenvalue weighted by Gasteiger charge is 2.12. The lowest BCUT2D eigenvalue weighted by Crippen LogP contribution is -2.31. The number of amides is 2. The third kappa shape index (κ3) is 5.11. The largest absolute Gasteiger partial charge is 0.490 e. The van der Waals surface area contributed by atoms with Gasteiger partial charge in [-0.15, -0.1) is 0 Å². The van der Waals surface area contributed by atoms with Crippen molar-refractivity contribution in [3.05, 3.63) is 60.2 Å². The molecular formula is C20H20N2O4. The minimum Gasteiger partial charge on any atom is -0.490 e. The van der Waals surface area contributed by atoms with E-state index in [1.165, 1.54) is 6.08 Å². The molecule has 2 N–H and O–H groups in total. The molecule has 0 bridgehead atoms. The summed E-state index contributed by atoms with van der Waals surface area (Å²) in [6, 6.07) is 14.7. The molecule has 0 saturated carbocycles. The fraction of sp³-hybridized carbons (Fsp3) is 0.200. The molecule has 0 saturated heterocycles. The predicted octanol–water partition coefficient (Wildman–Crippen LogP) is 2.62. The van der Waals surface area contributed by atoms with Crippen LogP contribution in [0.5, 0.6) is 11.5 Å². The van der Waals surface area contributed by atoms with Crippen molar-refractivity contribution in [2.24, 2.45) is 0 Å². The SMILES string of the molecule is O=C(C=Cc1ccccc1)NCC(=O)Nc1ccc2c(c1)OCCCO2. The molecule has 2 aromatic rings. The van der Waals surface area contributed by atoms with E-state index in [1.807, 2.05) is 30.3 Å². The van der Waals surface area contributed by atoms with Crippen LogP contribution >= 0.6 is 0 Å². The van der Waals surface area contributed by atoms with E-state index in [4.69, 9.17) is 9.47 Å². The van der Waals surface area contributed by atoms with Gasteiger partial charge in [-0.05, 0) is 23.8 Å². The van der Waals surface area contributed by atoms with Crippen LogP contribution < -0.4 is 20.1 Å². The summed E-state index contributed by atoms with van der Waals surface area (Å²) in [4.78, 5) is 23.8. The van der Waals surface area contributed by atoms with E-state index in [0.717, 1.165) is 12.0 Å². The fourth-order valence-corrected chi connectivity index (χ4v) is 2.41. The Morgan fingerprint density at radius 3 is 2.58 bits per heavy atom. The second kappa shape index (κ2) is 8.71. The molecule has 6 nitrogen and oxygen atoms in total. The zero-order chi connectivity index (χ0) is 18.2. The van der Waals surface area contributed by atoms with Gasteiger partial charge in [0.25, 0.3) is 0 Å². The number of ether oxygens (including phenoxy) is 2. The molecule has 0 spiro atoms. The van der Waals surface area contributed by atoms with Crippen molar-refractivity contribution in [1.29, 1.82) is 0 Å². The number of hydrogen-bond acceptors (Lipinski definition) is 4. The Balaban J connectivity index is 1.49. The van der Waals surface area contributed by atoms with Gasteiger partial charge in [0.05, 0.1) is 19.8 Å². The van der Waals surface area contributed by atoms with Crippen molar-refractivity contribution >= 4 is 23.6 Å². The molecule has 3 rings (SSSR count). The van der Waals surface area contributed by atoms with Crippen LogP contribution in [0.2, 0.25) is 0 Å². The maximum absolute atomic E-state index is 12.0. The Morgan fingerprint density at radius 2 is 1.77 bits per heavy atom. The number of hydrogen-bond donors (Lipinski definition) is 2. The van der Waals surface area contributed by atoms with Gasteiger partial charge in [0.15, 0.2) is 11.5 Å². The molecule has 2 aromatic carbocycles. The first-order valence-corrected chi connectivity index (χ1v) is 8.41. The van der Waals surface area contributed by atoms with Crippen LogP contribution in [0, 0.1) is 0 Å². The Kier molecular flexibility index (Phi) is 5.88. The fourth-order valence-electron chi connectivity index (χ4n) is 2.41. The Labute approximate surface area is 151 Å². The van der Waals surface area contributed by atoms with Crippen LogP contribution in [-0.2, 0) is 9.59 Å². The summed E-state index contributed by atoms with van der Waals surface area (Å²) in [6.07, 6.45) is 3.91. The monoisotopic (exact) mass is 352 g/mol. The number of benzene rings is 2. The van der Waals surface area contributed by atoms with Crippen LogP contribution in [0.3, 0.4) is 0 Å². The molecule has 1 aliphatic rings. The zero-order valence-electron chi connectivity index (χ0n) is 14.2. The van der Waals surface area contributed by atoms with Crippen LogP contribution in [0.25, 0.3) is 6.08 Å². The van der Waals surface area contributed by atoms with Gasteiger partial charge in [-0.3, -0.25) is 9.59 Å². The molecule has 6 heteroatoms. The van der Waals surface area contributed by atoms with Crippen LogP contribution in [0.4, 0.5) is 5.69 Å². The summed E-state index contributed by atoms with van der Waals surface area (Å²) in [5, 5.41) is 5.28. The molecule has 0 unspecified atom stereocenters. The van der Waals surface area contributed by atoms with Gasteiger partial charge in [0.1, 0.15) is 0 Å². The normalized spacial score (nSPS) is 13.1. The summed E-state index contributed by atoms with van der Waals surface area (Å²) in [5.41, 5.74) is 1.51. The van der Waals surface area contributed by atoms with Crippen molar-refractivity contribution in [1.82, 2.24) is 5.32 Å². The topological polar surface area (TPSA) is 76.7 Å². The first-order chi connectivity index (χ1) is 12.7. The summed E-state index contributed by atoms with van der Waals surface area (Å²) >= 11 is 0. The first-order valence-electron chi connectivity index (χ1n) is 8.41. The highest BCUT2D eigenvalue weighted by atomic mass is 16.5. The van der Waals surface area contributed by atoms with Crippen molar-refractivity contribution in [2.75, 3.05) is 25.1 Å². The molecule has 0 fully saturated rings. The van der Waals surface area contributed by atoms with Gasteiger partial charge in [-0.1, -0.05) is 30.3 Å². The van der Waals surface area contributed by atoms with E-state index < -0.39 is 0 Å². The number of carbonyl (C=O) groups excluding carboxylic acids is 2. The molecule has 0 atom stereocenters. The molecular weight excluding hydrogens is 332 g/mol. The number of anilines is 1. The van der Waals surface area contributed by atoms with Gasteiger partial charge in [-0.25, -0.2) is 0 Å². The predicted molar refractivity (Wildman–Crippen MR) is 99.2 cm³/mol. The minimum absolute atomic E-state index is 0.119. The van der Waals surface area contributed by atoms with Gasteiger partial charge in [-0.2, -0.15) is 0 Å². The number of carbonyl (C=O) groups is 2. The van der Waals surface area contributed by atoms with E-state index >= 15 is 0 Å². The summed E-state index contributed by atoms with van der Waals surface area (Å²) in [7, 11) is 0. The van der Waals surface area contributed by atoms with Crippen molar-refractivity contribution in [2.45, 2.75) is 6.42 Å². The van der Waals surface area contributed by atoms with Gasteiger partial charge < -0.3 is 20.1 Å². The Morgan fingerprint density at radius 1 is 1.00 bits per heavy atom. The van der Waals surface area contributed by atoms with Gasteiger partial charge in [0.2, 0.25) is 11.8 Å². The van der Waals surface area contributed by atoms with Crippen molar-refractivity contribution < 1.29 is 19.1 Å². The summed E-state index contributed by atoms with van der Waals surface area (Å²) < 4.78 is 11.1. The number of nitrogens with one attached hydrogen (secondary N) is 2. The molecule has 26 heavy (non-hydrogen) atoms.